The minimum Gasteiger partial charge on any atom is -0.368 e. The molecule has 1 aliphatic heterocycles. The molecule has 1 aromatic rings. The number of rotatable bonds is 6. The van der Waals surface area contributed by atoms with Gasteiger partial charge in [-0.25, -0.2) is 4.39 Å². The number of halogens is 1. The van der Waals surface area contributed by atoms with E-state index in [0.29, 0.717) is 12.0 Å². The van der Waals surface area contributed by atoms with E-state index in [1.807, 2.05) is 6.07 Å². The molecule has 0 radical (unpaired) electrons. The highest BCUT2D eigenvalue weighted by Crippen LogP contribution is 2.18. The van der Waals surface area contributed by atoms with E-state index < -0.39 is 0 Å². The van der Waals surface area contributed by atoms with E-state index in [1.54, 1.807) is 12.1 Å². The molecule has 1 fully saturated rings. The average Bonchev–Trinajstić information content (AvgIpc) is 2.88. The van der Waals surface area contributed by atoms with Crippen LogP contribution in [0.5, 0.6) is 0 Å². The van der Waals surface area contributed by atoms with Crippen LogP contribution < -0.4 is 11.5 Å². The second-order valence-electron chi connectivity index (χ2n) is 5.44. The lowest BCUT2D eigenvalue weighted by Gasteiger charge is -2.23. The second-order valence-corrected chi connectivity index (χ2v) is 5.44. The Bertz CT molecular complexity index is 466. The monoisotopic (exact) mass is 279 g/mol. The van der Waals surface area contributed by atoms with Crippen molar-refractivity contribution >= 4 is 5.91 Å². The summed E-state index contributed by atoms with van der Waals surface area (Å²) in [5.74, 6) is -0.468. The number of likely N-dealkylation sites (tertiary alicyclic amines) is 1. The van der Waals surface area contributed by atoms with Gasteiger partial charge in [-0.05, 0) is 43.9 Å². The van der Waals surface area contributed by atoms with Crippen LogP contribution in [-0.4, -0.2) is 36.0 Å². The number of nitrogens with two attached hydrogens (primary N) is 2. The van der Waals surface area contributed by atoms with Crippen molar-refractivity contribution < 1.29 is 9.18 Å². The van der Waals surface area contributed by atoms with Gasteiger partial charge in [0.05, 0.1) is 6.04 Å². The highest BCUT2D eigenvalue weighted by Gasteiger charge is 2.28. The zero-order chi connectivity index (χ0) is 14.5. The molecule has 4 nitrogen and oxygen atoms in total. The average molecular weight is 279 g/mol. The van der Waals surface area contributed by atoms with Crippen molar-refractivity contribution in [2.45, 2.75) is 37.8 Å². The first-order valence-corrected chi connectivity index (χ1v) is 7.10. The van der Waals surface area contributed by atoms with Crippen molar-refractivity contribution in [3.63, 3.8) is 0 Å². The quantitative estimate of drug-likeness (QED) is 0.817. The number of nitrogens with zero attached hydrogens (tertiary/aromatic N) is 1. The first-order chi connectivity index (χ1) is 9.58. The maximum atomic E-state index is 13.5. The lowest BCUT2D eigenvalue weighted by Crippen LogP contribution is -2.42. The maximum Gasteiger partial charge on any atom is 0.234 e. The summed E-state index contributed by atoms with van der Waals surface area (Å²) in [6.07, 6.45) is 3.08. The maximum absolute atomic E-state index is 13.5. The lowest BCUT2D eigenvalue weighted by molar-refractivity contribution is -0.122. The smallest absolute Gasteiger partial charge is 0.234 e. The molecule has 1 heterocycles. The molecule has 0 bridgehead atoms. The number of carbonyl (C=O) groups is 1. The SMILES string of the molecule is NC(=O)[C@@H]1CCCN1CC[C@H](N)Cc1ccccc1F. The van der Waals surface area contributed by atoms with Gasteiger partial charge in [-0.15, -0.1) is 0 Å². The predicted octanol–water partition coefficient (Wildman–Crippen LogP) is 1.04. The third kappa shape index (κ3) is 3.77. The molecular formula is C15H22FN3O. The molecule has 0 aliphatic carbocycles. The fourth-order valence-electron chi connectivity index (χ4n) is 2.80. The fraction of sp³-hybridized carbons (Fsp3) is 0.533. The van der Waals surface area contributed by atoms with Crippen LogP contribution in [0, 0.1) is 5.82 Å². The Morgan fingerprint density at radius 3 is 2.90 bits per heavy atom. The standard InChI is InChI=1S/C15H22FN3O/c16-13-5-2-1-4-11(13)10-12(17)7-9-19-8-3-6-14(19)15(18)20/h1-2,4-5,12,14H,3,6-10,17H2,(H2,18,20)/t12-,14-/m0/s1. The number of benzene rings is 1. The molecule has 1 aromatic carbocycles. The van der Waals surface area contributed by atoms with Crippen LogP contribution in [0.1, 0.15) is 24.8 Å². The number of primary amides is 1. The third-order valence-electron chi connectivity index (χ3n) is 3.92. The Morgan fingerprint density at radius 2 is 2.20 bits per heavy atom. The van der Waals surface area contributed by atoms with Crippen LogP contribution in [-0.2, 0) is 11.2 Å². The number of carbonyl (C=O) groups excluding carboxylic acids is 1. The summed E-state index contributed by atoms with van der Waals surface area (Å²) in [6, 6.07) is 6.43. The molecule has 0 aromatic heterocycles. The molecule has 0 saturated carbocycles. The normalized spacial score (nSPS) is 21.0. The van der Waals surface area contributed by atoms with Gasteiger partial charge >= 0.3 is 0 Å². The molecular weight excluding hydrogens is 257 g/mol. The first kappa shape index (κ1) is 14.9. The number of hydrogen-bond acceptors (Lipinski definition) is 3. The van der Waals surface area contributed by atoms with Gasteiger partial charge in [0.2, 0.25) is 5.91 Å². The van der Waals surface area contributed by atoms with Crippen molar-refractivity contribution in [2.75, 3.05) is 13.1 Å². The summed E-state index contributed by atoms with van der Waals surface area (Å²) in [6.45, 7) is 1.63. The van der Waals surface area contributed by atoms with Gasteiger partial charge < -0.3 is 11.5 Å². The third-order valence-corrected chi connectivity index (χ3v) is 3.92. The van der Waals surface area contributed by atoms with Crippen LogP contribution in [0.15, 0.2) is 24.3 Å². The Kier molecular flexibility index (Phi) is 5.09. The molecule has 5 heteroatoms. The summed E-state index contributed by atoms with van der Waals surface area (Å²) in [5.41, 5.74) is 12.1. The van der Waals surface area contributed by atoms with Crippen LogP contribution in [0.2, 0.25) is 0 Å². The first-order valence-electron chi connectivity index (χ1n) is 7.10. The summed E-state index contributed by atoms with van der Waals surface area (Å²) in [5, 5.41) is 0. The minimum atomic E-state index is -0.259. The van der Waals surface area contributed by atoms with E-state index in [1.165, 1.54) is 6.07 Å². The summed E-state index contributed by atoms with van der Waals surface area (Å²) < 4.78 is 13.5. The highest BCUT2D eigenvalue weighted by atomic mass is 19.1. The molecule has 0 unspecified atom stereocenters. The molecule has 4 N–H and O–H groups in total. The van der Waals surface area contributed by atoms with E-state index >= 15 is 0 Å². The van der Waals surface area contributed by atoms with Crippen molar-refractivity contribution in [1.82, 2.24) is 4.90 Å². The summed E-state index contributed by atoms with van der Waals surface area (Å²) >= 11 is 0. The van der Waals surface area contributed by atoms with E-state index in [0.717, 1.165) is 32.4 Å². The number of hydrogen-bond donors (Lipinski definition) is 2. The van der Waals surface area contributed by atoms with Gasteiger partial charge in [0.1, 0.15) is 5.82 Å². The molecule has 1 amide bonds. The Balaban J connectivity index is 1.82. The zero-order valence-electron chi connectivity index (χ0n) is 11.6. The van der Waals surface area contributed by atoms with Gasteiger partial charge in [-0.1, -0.05) is 18.2 Å². The van der Waals surface area contributed by atoms with Gasteiger partial charge in [0, 0.05) is 12.6 Å². The largest absolute Gasteiger partial charge is 0.368 e. The molecule has 110 valence electrons. The summed E-state index contributed by atoms with van der Waals surface area (Å²) in [7, 11) is 0. The highest BCUT2D eigenvalue weighted by molar-refractivity contribution is 5.80. The van der Waals surface area contributed by atoms with Crippen molar-refractivity contribution in [2.24, 2.45) is 11.5 Å². The molecule has 0 spiro atoms. The van der Waals surface area contributed by atoms with E-state index in [4.69, 9.17) is 11.5 Å². The van der Waals surface area contributed by atoms with E-state index in [-0.39, 0.29) is 23.8 Å². The fourth-order valence-corrected chi connectivity index (χ4v) is 2.80. The van der Waals surface area contributed by atoms with E-state index in [2.05, 4.69) is 4.90 Å². The lowest BCUT2D eigenvalue weighted by atomic mass is 10.0. The molecule has 1 aliphatic rings. The predicted molar refractivity (Wildman–Crippen MR) is 76.5 cm³/mol. The van der Waals surface area contributed by atoms with Crippen molar-refractivity contribution in [3.05, 3.63) is 35.6 Å². The van der Waals surface area contributed by atoms with E-state index in [9.17, 15) is 9.18 Å². The zero-order valence-corrected chi connectivity index (χ0v) is 11.6. The van der Waals surface area contributed by atoms with Gasteiger partial charge in [-0.3, -0.25) is 9.69 Å². The Morgan fingerprint density at radius 1 is 1.45 bits per heavy atom. The molecule has 1 saturated heterocycles. The van der Waals surface area contributed by atoms with Crippen LogP contribution in [0.4, 0.5) is 4.39 Å². The molecule has 2 rings (SSSR count). The second kappa shape index (κ2) is 6.81. The van der Waals surface area contributed by atoms with Gasteiger partial charge in [0.15, 0.2) is 0 Å². The van der Waals surface area contributed by atoms with Crippen LogP contribution >= 0.6 is 0 Å². The van der Waals surface area contributed by atoms with Crippen molar-refractivity contribution in [3.8, 4) is 0 Å². The van der Waals surface area contributed by atoms with Crippen LogP contribution in [0.25, 0.3) is 0 Å². The molecule has 20 heavy (non-hydrogen) atoms. The Hall–Kier alpha value is -1.46. The summed E-state index contributed by atoms with van der Waals surface area (Å²) in [4.78, 5) is 13.4. The minimum absolute atomic E-state index is 0.110. The van der Waals surface area contributed by atoms with Crippen LogP contribution in [0.3, 0.4) is 0 Å². The van der Waals surface area contributed by atoms with Gasteiger partial charge in [0.25, 0.3) is 0 Å². The van der Waals surface area contributed by atoms with Crippen molar-refractivity contribution in [1.29, 1.82) is 0 Å². The number of amides is 1. The molecule has 2 atom stereocenters. The van der Waals surface area contributed by atoms with Gasteiger partial charge in [-0.2, -0.15) is 0 Å². The Labute approximate surface area is 118 Å². The topological polar surface area (TPSA) is 72.4 Å².